The van der Waals surface area contributed by atoms with Crippen molar-refractivity contribution < 1.29 is 4.74 Å². The van der Waals surface area contributed by atoms with Crippen LogP contribution in [0.5, 0.6) is 0 Å². The highest BCUT2D eigenvalue weighted by Gasteiger charge is 2.14. The van der Waals surface area contributed by atoms with Gasteiger partial charge in [0.15, 0.2) is 0 Å². The molecule has 4 nitrogen and oxygen atoms in total. The van der Waals surface area contributed by atoms with Crippen molar-refractivity contribution in [2.75, 3.05) is 13.2 Å². The molecule has 1 aromatic heterocycles. The van der Waals surface area contributed by atoms with Gasteiger partial charge < -0.3 is 10.1 Å². The maximum absolute atomic E-state index is 5.53. The van der Waals surface area contributed by atoms with Gasteiger partial charge in [-0.25, -0.2) is 0 Å². The summed E-state index contributed by atoms with van der Waals surface area (Å²) in [4.78, 5) is 0. The second-order valence-corrected chi connectivity index (χ2v) is 3.97. The van der Waals surface area contributed by atoms with Crippen LogP contribution in [-0.4, -0.2) is 29.0 Å². The zero-order chi connectivity index (χ0) is 10.5. The molecule has 2 rings (SSSR count). The maximum Gasteiger partial charge on any atom is 0.0700 e. The molecule has 0 aliphatic carbocycles. The number of hydrogen-bond acceptors (Lipinski definition) is 3. The Morgan fingerprint density at radius 1 is 1.67 bits per heavy atom. The van der Waals surface area contributed by atoms with Crippen LogP contribution < -0.4 is 5.32 Å². The first-order valence-corrected chi connectivity index (χ1v) is 5.72. The summed E-state index contributed by atoms with van der Waals surface area (Å²) in [5.41, 5.74) is 1.25. The summed E-state index contributed by atoms with van der Waals surface area (Å²) in [5.74, 6) is 0. The number of nitrogens with one attached hydrogen (secondary N) is 1. The summed E-state index contributed by atoms with van der Waals surface area (Å²) in [6.45, 7) is 5.81. The number of aryl methyl sites for hydroxylation is 1. The number of aromatic nitrogens is 2. The van der Waals surface area contributed by atoms with Gasteiger partial charge in [-0.15, -0.1) is 0 Å². The normalized spacial score (nSPS) is 21.0. The molecule has 15 heavy (non-hydrogen) atoms. The molecule has 0 bridgehead atoms. The molecular formula is C11H19N3O. The van der Waals surface area contributed by atoms with Crippen LogP contribution in [-0.2, 0) is 17.8 Å². The fourth-order valence-corrected chi connectivity index (χ4v) is 1.85. The predicted molar refractivity (Wildman–Crippen MR) is 58.6 cm³/mol. The Balaban J connectivity index is 1.68. The second kappa shape index (κ2) is 5.28. The molecule has 1 aromatic rings. The Labute approximate surface area is 90.6 Å². The zero-order valence-electron chi connectivity index (χ0n) is 9.28. The summed E-state index contributed by atoms with van der Waals surface area (Å²) in [5, 5.41) is 7.63. The maximum atomic E-state index is 5.53. The van der Waals surface area contributed by atoms with Gasteiger partial charge in [0.2, 0.25) is 0 Å². The first kappa shape index (κ1) is 10.6. The van der Waals surface area contributed by atoms with Crippen LogP contribution in [0, 0.1) is 0 Å². The summed E-state index contributed by atoms with van der Waals surface area (Å²) in [6.07, 6.45) is 6.83. The zero-order valence-corrected chi connectivity index (χ0v) is 9.28. The Kier molecular flexibility index (Phi) is 3.75. The van der Waals surface area contributed by atoms with E-state index in [1.165, 1.54) is 18.4 Å². The lowest BCUT2D eigenvalue weighted by Gasteiger charge is -2.09. The van der Waals surface area contributed by atoms with Crippen LogP contribution in [0.3, 0.4) is 0 Å². The molecule has 1 atom stereocenters. The van der Waals surface area contributed by atoms with Crippen molar-refractivity contribution in [3.63, 3.8) is 0 Å². The van der Waals surface area contributed by atoms with E-state index in [2.05, 4.69) is 23.5 Å². The topological polar surface area (TPSA) is 39.1 Å². The third kappa shape index (κ3) is 3.04. The first-order chi connectivity index (χ1) is 7.38. The van der Waals surface area contributed by atoms with Crippen LogP contribution in [0.1, 0.15) is 25.3 Å². The van der Waals surface area contributed by atoms with Gasteiger partial charge in [0.25, 0.3) is 0 Å². The van der Waals surface area contributed by atoms with Crippen LogP contribution in [0.15, 0.2) is 12.4 Å². The SMILES string of the molecule is CCn1cc(CNCC2CCCO2)cn1. The van der Waals surface area contributed by atoms with Crippen molar-refractivity contribution in [3.05, 3.63) is 18.0 Å². The standard InChI is InChI=1S/C11H19N3O/c1-2-14-9-10(7-13-14)6-12-8-11-4-3-5-15-11/h7,9,11-12H,2-6,8H2,1H3. The van der Waals surface area contributed by atoms with Gasteiger partial charge in [-0.2, -0.15) is 5.10 Å². The van der Waals surface area contributed by atoms with E-state index in [4.69, 9.17) is 4.74 Å². The van der Waals surface area contributed by atoms with Crippen molar-refractivity contribution in [1.82, 2.24) is 15.1 Å². The molecule has 1 N–H and O–H groups in total. The largest absolute Gasteiger partial charge is 0.377 e. The second-order valence-electron chi connectivity index (χ2n) is 3.97. The highest BCUT2D eigenvalue weighted by atomic mass is 16.5. The molecule has 84 valence electrons. The minimum atomic E-state index is 0.422. The lowest BCUT2D eigenvalue weighted by molar-refractivity contribution is 0.110. The van der Waals surface area contributed by atoms with E-state index in [9.17, 15) is 0 Å². The quantitative estimate of drug-likeness (QED) is 0.791. The van der Waals surface area contributed by atoms with Gasteiger partial charge in [-0.05, 0) is 19.8 Å². The summed E-state index contributed by atoms with van der Waals surface area (Å²) < 4.78 is 7.48. The monoisotopic (exact) mass is 209 g/mol. The van der Waals surface area contributed by atoms with Gasteiger partial charge >= 0.3 is 0 Å². The fraction of sp³-hybridized carbons (Fsp3) is 0.727. The van der Waals surface area contributed by atoms with Crippen molar-refractivity contribution >= 4 is 0 Å². The van der Waals surface area contributed by atoms with E-state index < -0.39 is 0 Å². The van der Waals surface area contributed by atoms with E-state index in [0.717, 1.165) is 26.2 Å². The minimum Gasteiger partial charge on any atom is -0.377 e. The van der Waals surface area contributed by atoms with Gasteiger partial charge in [0, 0.05) is 38.0 Å². The first-order valence-electron chi connectivity index (χ1n) is 5.72. The van der Waals surface area contributed by atoms with Crippen LogP contribution >= 0.6 is 0 Å². The third-order valence-corrected chi connectivity index (χ3v) is 2.74. The lowest BCUT2D eigenvalue weighted by atomic mass is 10.2. The summed E-state index contributed by atoms with van der Waals surface area (Å²) in [7, 11) is 0. The van der Waals surface area contributed by atoms with Crippen molar-refractivity contribution in [2.24, 2.45) is 0 Å². The number of ether oxygens (including phenoxy) is 1. The Hall–Kier alpha value is -0.870. The highest BCUT2D eigenvalue weighted by molar-refractivity contribution is 5.03. The number of nitrogens with zero attached hydrogens (tertiary/aromatic N) is 2. The molecule has 4 heteroatoms. The summed E-state index contributed by atoms with van der Waals surface area (Å²) in [6, 6.07) is 0. The Morgan fingerprint density at radius 3 is 3.27 bits per heavy atom. The van der Waals surface area contributed by atoms with Crippen molar-refractivity contribution in [2.45, 2.75) is 39.0 Å². The van der Waals surface area contributed by atoms with Crippen LogP contribution in [0.2, 0.25) is 0 Å². The minimum absolute atomic E-state index is 0.422. The molecule has 1 aliphatic rings. The van der Waals surface area contributed by atoms with E-state index in [0.29, 0.717) is 6.10 Å². The van der Waals surface area contributed by atoms with E-state index in [-0.39, 0.29) is 0 Å². The molecule has 0 spiro atoms. The fourth-order valence-electron chi connectivity index (χ4n) is 1.85. The molecule has 2 heterocycles. The molecule has 1 aliphatic heterocycles. The molecule has 0 saturated carbocycles. The molecule has 0 radical (unpaired) electrons. The molecular weight excluding hydrogens is 190 g/mol. The Morgan fingerprint density at radius 2 is 2.60 bits per heavy atom. The molecule has 0 amide bonds. The van der Waals surface area contributed by atoms with Gasteiger partial charge in [-0.3, -0.25) is 4.68 Å². The number of rotatable bonds is 5. The van der Waals surface area contributed by atoms with Crippen molar-refractivity contribution in [3.8, 4) is 0 Å². The van der Waals surface area contributed by atoms with Crippen molar-refractivity contribution in [1.29, 1.82) is 0 Å². The average molecular weight is 209 g/mol. The van der Waals surface area contributed by atoms with Gasteiger partial charge in [0.05, 0.1) is 12.3 Å². The number of hydrogen-bond donors (Lipinski definition) is 1. The molecule has 1 unspecified atom stereocenters. The van der Waals surface area contributed by atoms with Crippen LogP contribution in [0.4, 0.5) is 0 Å². The highest BCUT2D eigenvalue weighted by Crippen LogP contribution is 2.10. The molecule has 1 fully saturated rings. The Bertz CT molecular complexity index is 292. The van der Waals surface area contributed by atoms with Crippen LogP contribution in [0.25, 0.3) is 0 Å². The lowest BCUT2D eigenvalue weighted by Crippen LogP contribution is -2.25. The molecule has 1 saturated heterocycles. The van der Waals surface area contributed by atoms with Gasteiger partial charge in [0.1, 0.15) is 0 Å². The van der Waals surface area contributed by atoms with E-state index >= 15 is 0 Å². The van der Waals surface area contributed by atoms with E-state index in [1.54, 1.807) is 0 Å². The van der Waals surface area contributed by atoms with Gasteiger partial charge in [-0.1, -0.05) is 0 Å². The third-order valence-electron chi connectivity index (χ3n) is 2.74. The molecule has 0 aromatic carbocycles. The predicted octanol–water partition coefficient (Wildman–Crippen LogP) is 1.17. The smallest absolute Gasteiger partial charge is 0.0700 e. The van der Waals surface area contributed by atoms with E-state index in [1.807, 2.05) is 10.9 Å². The average Bonchev–Trinajstić information content (AvgIpc) is 2.88. The summed E-state index contributed by atoms with van der Waals surface area (Å²) >= 11 is 0.